The maximum Gasteiger partial charge on any atom is 0.224 e. The summed E-state index contributed by atoms with van der Waals surface area (Å²) in [5.74, 6) is 0.746. The predicted octanol–water partition coefficient (Wildman–Crippen LogP) is 2.70. The van der Waals surface area contributed by atoms with E-state index in [4.69, 9.17) is 10.5 Å². The van der Waals surface area contributed by atoms with Crippen molar-refractivity contribution in [3.63, 3.8) is 0 Å². The molecule has 0 saturated heterocycles. The van der Waals surface area contributed by atoms with Gasteiger partial charge in [0.25, 0.3) is 0 Å². The Hall–Kier alpha value is -2.49. The second-order valence-electron chi connectivity index (χ2n) is 4.95. The standard InChI is InChI=1S/C17H20N2O2/c1-12(15-5-3-4-6-16(15)21-2)19-17(20)11-13-7-9-14(18)10-8-13/h3-10,12H,11,18H2,1-2H3,(H,19,20)/t12-/m0/s1. The van der Waals surface area contributed by atoms with Crippen molar-refractivity contribution in [1.29, 1.82) is 0 Å². The van der Waals surface area contributed by atoms with Gasteiger partial charge in [-0.2, -0.15) is 0 Å². The first-order valence-electron chi connectivity index (χ1n) is 6.87. The van der Waals surface area contributed by atoms with Crippen LogP contribution in [0.2, 0.25) is 0 Å². The minimum atomic E-state index is -0.109. The molecule has 0 aliphatic rings. The summed E-state index contributed by atoms with van der Waals surface area (Å²) in [5.41, 5.74) is 8.23. The average molecular weight is 284 g/mol. The summed E-state index contributed by atoms with van der Waals surface area (Å²) < 4.78 is 5.31. The molecular formula is C17H20N2O2. The highest BCUT2D eigenvalue weighted by Crippen LogP contribution is 2.24. The zero-order valence-electron chi connectivity index (χ0n) is 12.3. The Morgan fingerprint density at radius 2 is 1.86 bits per heavy atom. The molecular weight excluding hydrogens is 264 g/mol. The summed E-state index contributed by atoms with van der Waals surface area (Å²) in [6.45, 7) is 1.94. The fourth-order valence-corrected chi connectivity index (χ4v) is 2.22. The molecule has 0 heterocycles. The molecule has 1 amide bonds. The number of benzene rings is 2. The van der Waals surface area contributed by atoms with E-state index < -0.39 is 0 Å². The molecule has 0 spiro atoms. The third kappa shape index (κ3) is 3.99. The Morgan fingerprint density at radius 3 is 2.52 bits per heavy atom. The van der Waals surface area contributed by atoms with Crippen LogP contribution < -0.4 is 15.8 Å². The molecule has 21 heavy (non-hydrogen) atoms. The number of ether oxygens (including phenoxy) is 1. The van der Waals surface area contributed by atoms with Gasteiger partial charge in [-0.05, 0) is 30.7 Å². The molecule has 0 saturated carbocycles. The number of hydrogen-bond donors (Lipinski definition) is 2. The van der Waals surface area contributed by atoms with Crippen molar-refractivity contribution >= 4 is 11.6 Å². The maximum atomic E-state index is 12.1. The monoisotopic (exact) mass is 284 g/mol. The lowest BCUT2D eigenvalue weighted by molar-refractivity contribution is -0.121. The summed E-state index contributed by atoms with van der Waals surface area (Å²) in [7, 11) is 1.63. The number of para-hydroxylation sites is 1. The third-order valence-corrected chi connectivity index (χ3v) is 3.33. The van der Waals surface area contributed by atoms with Gasteiger partial charge >= 0.3 is 0 Å². The topological polar surface area (TPSA) is 64.3 Å². The van der Waals surface area contributed by atoms with Gasteiger partial charge in [-0.1, -0.05) is 30.3 Å². The number of carbonyl (C=O) groups excluding carboxylic acids is 1. The number of nitrogens with two attached hydrogens (primary N) is 1. The van der Waals surface area contributed by atoms with Crippen LogP contribution in [-0.2, 0) is 11.2 Å². The van der Waals surface area contributed by atoms with Crippen LogP contribution in [0, 0.1) is 0 Å². The Bertz CT molecular complexity index is 608. The zero-order valence-corrected chi connectivity index (χ0v) is 12.3. The number of amides is 1. The molecule has 0 bridgehead atoms. The van der Waals surface area contributed by atoms with E-state index in [2.05, 4.69) is 5.32 Å². The lowest BCUT2D eigenvalue weighted by atomic mass is 10.1. The number of hydrogen-bond acceptors (Lipinski definition) is 3. The molecule has 110 valence electrons. The SMILES string of the molecule is COc1ccccc1[C@H](C)NC(=O)Cc1ccc(N)cc1. The van der Waals surface area contributed by atoms with E-state index in [0.29, 0.717) is 12.1 Å². The molecule has 3 N–H and O–H groups in total. The Morgan fingerprint density at radius 1 is 1.19 bits per heavy atom. The van der Waals surface area contributed by atoms with E-state index in [0.717, 1.165) is 16.9 Å². The molecule has 2 aromatic carbocycles. The van der Waals surface area contributed by atoms with Crippen molar-refractivity contribution in [1.82, 2.24) is 5.32 Å². The number of rotatable bonds is 5. The second-order valence-corrected chi connectivity index (χ2v) is 4.95. The van der Waals surface area contributed by atoms with Crippen LogP contribution in [0.5, 0.6) is 5.75 Å². The molecule has 0 fully saturated rings. The predicted molar refractivity (Wildman–Crippen MR) is 84.1 cm³/mol. The van der Waals surface area contributed by atoms with E-state index in [1.807, 2.05) is 43.3 Å². The van der Waals surface area contributed by atoms with Gasteiger partial charge < -0.3 is 15.8 Å². The average Bonchev–Trinajstić information content (AvgIpc) is 2.49. The maximum absolute atomic E-state index is 12.1. The Labute approximate surface area is 124 Å². The molecule has 0 aliphatic carbocycles. The van der Waals surface area contributed by atoms with Crippen LogP contribution in [0.1, 0.15) is 24.1 Å². The number of methoxy groups -OCH3 is 1. The number of carbonyl (C=O) groups is 1. The van der Waals surface area contributed by atoms with Gasteiger partial charge in [0.2, 0.25) is 5.91 Å². The van der Waals surface area contributed by atoms with E-state index in [-0.39, 0.29) is 11.9 Å². The van der Waals surface area contributed by atoms with Crippen LogP contribution in [0.15, 0.2) is 48.5 Å². The number of nitrogens with one attached hydrogen (secondary N) is 1. The minimum absolute atomic E-state index is 0.0295. The van der Waals surface area contributed by atoms with Crippen LogP contribution in [-0.4, -0.2) is 13.0 Å². The van der Waals surface area contributed by atoms with Crippen LogP contribution in [0.25, 0.3) is 0 Å². The minimum Gasteiger partial charge on any atom is -0.496 e. The first kappa shape index (κ1) is 14.9. The van der Waals surface area contributed by atoms with Crippen molar-refractivity contribution < 1.29 is 9.53 Å². The van der Waals surface area contributed by atoms with Gasteiger partial charge in [0.15, 0.2) is 0 Å². The van der Waals surface area contributed by atoms with E-state index in [9.17, 15) is 4.79 Å². The Balaban J connectivity index is 2.00. The first-order chi connectivity index (χ1) is 10.1. The molecule has 1 atom stereocenters. The first-order valence-corrected chi connectivity index (χ1v) is 6.87. The molecule has 2 aromatic rings. The van der Waals surface area contributed by atoms with Gasteiger partial charge in [-0.3, -0.25) is 4.79 Å². The fraction of sp³-hybridized carbons (Fsp3) is 0.235. The van der Waals surface area contributed by atoms with Gasteiger partial charge in [0.05, 0.1) is 19.6 Å². The lowest BCUT2D eigenvalue weighted by Gasteiger charge is -2.17. The molecule has 0 radical (unpaired) electrons. The summed E-state index contributed by atoms with van der Waals surface area (Å²) in [4.78, 5) is 12.1. The fourth-order valence-electron chi connectivity index (χ4n) is 2.22. The second kappa shape index (κ2) is 6.79. The van der Waals surface area contributed by atoms with Crippen molar-refractivity contribution in [2.75, 3.05) is 12.8 Å². The molecule has 4 nitrogen and oxygen atoms in total. The van der Waals surface area contributed by atoms with E-state index in [1.165, 1.54) is 0 Å². The highest BCUT2D eigenvalue weighted by atomic mass is 16.5. The zero-order chi connectivity index (χ0) is 15.2. The Kier molecular flexibility index (Phi) is 4.82. The highest BCUT2D eigenvalue weighted by Gasteiger charge is 2.13. The quantitative estimate of drug-likeness (QED) is 0.830. The normalized spacial score (nSPS) is 11.7. The van der Waals surface area contributed by atoms with Crippen molar-refractivity contribution in [2.45, 2.75) is 19.4 Å². The molecule has 0 aromatic heterocycles. The molecule has 0 aliphatic heterocycles. The number of nitrogen functional groups attached to an aromatic ring is 1. The van der Waals surface area contributed by atoms with Crippen LogP contribution in [0.3, 0.4) is 0 Å². The molecule has 4 heteroatoms. The van der Waals surface area contributed by atoms with Crippen LogP contribution in [0.4, 0.5) is 5.69 Å². The van der Waals surface area contributed by atoms with Gasteiger partial charge in [0.1, 0.15) is 5.75 Å². The number of anilines is 1. The molecule has 0 unspecified atom stereocenters. The largest absolute Gasteiger partial charge is 0.496 e. The summed E-state index contributed by atoms with van der Waals surface area (Å²) in [5, 5.41) is 2.98. The molecule has 2 rings (SSSR count). The van der Waals surface area contributed by atoms with Crippen LogP contribution >= 0.6 is 0 Å². The summed E-state index contributed by atoms with van der Waals surface area (Å²) in [6.07, 6.45) is 0.333. The smallest absolute Gasteiger partial charge is 0.224 e. The summed E-state index contributed by atoms with van der Waals surface area (Å²) in [6, 6.07) is 14.9. The van der Waals surface area contributed by atoms with E-state index in [1.54, 1.807) is 19.2 Å². The van der Waals surface area contributed by atoms with E-state index >= 15 is 0 Å². The third-order valence-electron chi connectivity index (χ3n) is 3.33. The highest BCUT2D eigenvalue weighted by molar-refractivity contribution is 5.79. The van der Waals surface area contributed by atoms with Gasteiger partial charge in [-0.25, -0.2) is 0 Å². The van der Waals surface area contributed by atoms with Gasteiger partial charge in [-0.15, -0.1) is 0 Å². The van der Waals surface area contributed by atoms with Gasteiger partial charge in [0, 0.05) is 11.3 Å². The summed E-state index contributed by atoms with van der Waals surface area (Å²) >= 11 is 0. The lowest BCUT2D eigenvalue weighted by Crippen LogP contribution is -2.28. The van der Waals surface area contributed by atoms with Crippen molar-refractivity contribution in [3.05, 3.63) is 59.7 Å². The van der Waals surface area contributed by atoms with Crippen molar-refractivity contribution in [2.24, 2.45) is 0 Å². The van der Waals surface area contributed by atoms with Crippen molar-refractivity contribution in [3.8, 4) is 5.75 Å².